The van der Waals surface area contributed by atoms with Gasteiger partial charge in [0.1, 0.15) is 0 Å². The summed E-state index contributed by atoms with van der Waals surface area (Å²) < 4.78 is 0. The molecule has 0 aliphatic heterocycles. The molecule has 0 unspecified atom stereocenters. The lowest BCUT2D eigenvalue weighted by atomic mass is 10.2. The van der Waals surface area contributed by atoms with E-state index in [1.54, 1.807) is 0 Å². The lowest BCUT2D eigenvalue weighted by Crippen LogP contribution is -2.31. The molecule has 4 N–H and O–H groups in total. The first-order chi connectivity index (χ1) is 6.65. The average Bonchev–Trinajstić information content (AvgIpc) is 2.16. The monoisotopic (exact) mass is 194 g/mol. The molecular formula is C8H10N4O2. The Bertz CT molecular complexity index is 364. The molecule has 0 aliphatic carbocycles. The van der Waals surface area contributed by atoms with Crippen LogP contribution in [0.3, 0.4) is 0 Å². The molecule has 0 bridgehead atoms. The van der Waals surface area contributed by atoms with Crippen molar-refractivity contribution in [1.82, 2.24) is 10.4 Å². The summed E-state index contributed by atoms with van der Waals surface area (Å²) in [7, 11) is 0. The number of nitrogen functional groups attached to an aromatic ring is 1. The third-order valence-electron chi connectivity index (χ3n) is 1.51. The highest BCUT2D eigenvalue weighted by Crippen LogP contribution is 2.12. The molecule has 1 rings (SSSR count). The number of nitrogens with two attached hydrogens (primary N) is 1. The lowest BCUT2D eigenvalue weighted by Gasteiger charge is -2.06. The maximum atomic E-state index is 11.2. The number of aromatic nitrogens is 1. The van der Waals surface area contributed by atoms with E-state index in [-0.39, 0.29) is 11.5 Å². The predicted molar refractivity (Wildman–Crippen MR) is 50.2 cm³/mol. The van der Waals surface area contributed by atoms with Gasteiger partial charge < -0.3 is 5.32 Å². The minimum absolute atomic E-state index is 0.227. The van der Waals surface area contributed by atoms with Gasteiger partial charge in [-0.1, -0.05) is 0 Å². The molecule has 2 amide bonds. The van der Waals surface area contributed by atoms with Crippen LogP contribution in [0.1, 0.15) is 17.3 Å². The van der Waals surface area contributed by atoms with Gasteiger partial charge in [0.25, 0.3) is 5.91 Å². The van der Waals surface area contributed by atoms with Crippen molar-refractivity contribution in [2.24, 2.45) is 5.84 Å². The summed E-state index contributed by atoms with van der Waals surface area (Å²) in [5.41, 5.74) is 2.58. The molecule has 1 aromatic rings. The molecule has 0 spiro atoms. The number of nitrogens with one attached hydrogen (secondary N) is 2. The number of nitrogens with zero attached hydrogens (tertiary/aromatic N) is 1. The Morgan fingerprint density at radius 1 is 1.50 bits per heavy atom. The molecule has 74 valence electrons. The van der Waals surface area contributed by atoms with Gasteiger partial charge in [0.15, 0.2) is 0 Å². The number of carbonyl (C=O) groups is 2. The van der Waals surface area contributed by atoms with Crippen molar-refractivity contribution in [3.63, 3.8) is 0 Å². The molecule has 0 saturated heterocycles. The minimum atomic E-state index is -0.498. The maximum Gasteiger partial charge on any atom is 0.268 e. The van der Waals surface area contributed by atoms with Gasteiger partial charge in [0.2, 0.25) is 5.91 Å². The van der Waals surface area contributed by atoms with Crippen molar-refractivity contribution in [3.8, 4) is 0 Å². The molecule has 0 aromatic carbocycles. The molecule has 0 fully saturated rings. The molecule has 1 heterocycles. The van der Waals surface area contributed by atoms with E-state index in [9.17, 15) is 9.59 Å². The molecule has 6 heteroatoms. The highest BCUT2D eigenvalue weighted by Gasteiger charge is 2.10. The minimum Gasteiger partial charge on any atom is -0.325 e. The summed E-state index contributed by atoms with van der Waals surface area (Å²) in [4.78, 5) is 25.7. The summed E-state index contributed by atoms with van der Waals surface area (Å²) in [5.74, 6) is 4.20. The second-order valence-corrected chi connectivity index (χ2v) is 2.58. The largest absolute Gasteiger partial charge is 0.325 e. The summed E-state index contributed by atoms with van der Waals surface area (Å²) in [5, 5.41) is 2.49. The number of pyridine rings is 1. The Kier molecular flexibility index (Phi) is 3.14. The number of rotatable bonds is 2. The van der Waals surface area contributed by atoms with Gasteiger partial charge >= 0.3 is 0 Å². The molecule has 1 aromatic heterocycles. The zero-order chi connectivity index (χ0) is 10.6. The van der Waals surface area contributed by atoms with E-state index in [0.717, 1.165) is 0 Å². The van der Waals surface area contributed by atoms with E-state index in [1.807, 2.05) is 5.43 Å². The number of amides is 2. The third-order valence-corrected chi connectivity index (χ3v) is 1.51. The van der Waals surface area contributed by atoms with E-state index in [2.05, 4.69) is 10.3 Å². The number of carbonyl (C=O) groups excluding carboxylic acids is 2. The zero-order valence-electron chi connectivity index (χ0n) is 7.57. The molecule has 14 heavy (non-hydrogen) atoms. The molecule has 0 radical (unpaired) electrons. The smallest absolute Gasteiger partial charge is 0.268 e. The first-order valence-electron chi connectivity index (χ1n) is 3.87. The zero-order valence-corrected chi connectivity index (χ0v) is 7.57. The van der Waals surface area contributed by atoms with Crippen LogP contribution in [-0.2, 0) is 4.79 Å². The molecular weight excluding hydrogens is 184 g/mol. The highest BCUT2D eigenvalue weighted by molar-refractivity contribution is 6.02. The Morgan fingerprint density at radius 2 is 2.21 bits per heavy atom. The number of hydrogen-bond donors (Lipinski definition) is 3. The Balaban J connectivity index is 3.02. The van der Waals surface area contributed by atoms with E-state index >= 15 is 0 Å². The standard InChI is InChI=1S/C8H10N4O2/c1-5(13)11-7-2-3-10-4-6(7)8(14)12-9/h2-4H,9H2,1H3,(H,12,14)(H,10,11,13). The van der Waals surface area contributed by atoms with E-state index in [0.29, 0.717) is 5.69 Å². The van der Waals surface area contributed by atoms with Crippen molar-refractivity contribution in [2.45, 2.75) is 6.92 Å². The normalized spacial score (nSPS) is 9.29. The van der Waals surface area contributed by atoms with Crippen LogP contribution >= 0.6 is 0 Å². The Morgan fingerprint density at radius 3 is 2.79 bits per heavy atom. The van der Waals surface area contributed by atoms with Crippen LogP contribution in [0.15, 0.2) is 18.5 Å². The van der Waals surface area contributed by atoms with Crippen molar-refractivity contribution in [3.05, 3.63) is 24.0 Å². The summed E-state index contributed by atoms with van der Waals surface area (Å²) >= 11 is 0. The van der Waals surface area contributed by atoms with E-state index in [1.165, 1.54) is 25.4 Å². The van der Waals surface area contributed by atoms with Crippen molar-refractivity contribution in [1.29, 1.82) is 0 Å². The van der Waals surface area contributed by atoms with Crippen LogP contribution in [0.2, 0.25) is 0 Å². The van der Waals surface area contributed by atoms with Crippen molar-refractivity contribution < 1.29 is 9.59 Å². The van der Waals surface area contributed by atoms with E-state index < -0.39 is 5.91 Å². The Labute approximate surface area is 80.5 Å². The number of hydrogen-bond acceptors (Lipinski definition) is 4. The summed E-state index contributed by atoms with van der Waals surface area (Å²) in [6.07, 6.45) is 2.80. The number of anilines is 1. The maximum absolute atomic E-state index is 11.2. The Hall–Kier alpha value is -1.95. The van der Waals surface area contributed by atoms with Crippen molar-refractivity contribution in [2.75, 3.05) is 5.32 Å². The number of hydrazine groups is 1. The first kappa shape index (κ1) is 10.1. The van der Waals surface area contributed by atoms with Crippen LogP contribution < -0.4 is 16.6 Å². The van der Waals surface area contributed by atoms with Gasteiger partial charge in [-0.25, -0.2) is 5.84 Å². The highest BCUT2D eigenvalue weighted by atomic mass is 16.2. The van der Waals surface area contributed by atoms with Gasteiger partial charge in [0, 0.05) is 19.3 Å². The van der Waals surface area contributed by atoms with Crippen LogP contribution in [0, 0.1) is 0 Å². The predicted octanol–water partition coefficient (Wildman–Crippen LogP) is -0.357. The van der Waals surface area contributed by atoms with Gasteiger partial charge in [0.05, 0.1) is 11.3 Å². The fourth-order valence-electron chi connectivity index (χ4n) is 0.952. The third kappa shape index (κ3) is 2.27. The van der Waals surface area contributed by atoms with Crippen LogP contribution in [0.25, 0.3) is 0 Å². The molecule has 0 aliphatic rings. The van der Waals surface area contributed by atoms with Gasteiger partial charge in [-0.2, -0.15) is 0 Å². The lowest BCUT2D eigenvalue weighted by molar-refractivity contribution is -0.114. The van der Waals surface area contributed by atoms with Gasteiger partial charge in [-0.3, -0.25) is 20.0 Å². The van der Waals surface area contributed by atoms with E-state index in [4.69, 9.17) is 5.84 Å². The second-order valence-electron chi connectivity index (χ2n) is 2.58. The average molecular weight is 194 g/mol. The van der Waals surface area contributed by atoms with Crippen LogP contribution in [0.4, 0.5) is 5.69 Å². The van der Waals surface area contributed by atoms with Crippen LogP contribution in [-0.4, -0.2) is 16.8 Å². The summed E-state index contributed by atoms with van der Waals surface area (Å²) in [6.45, 7) is 1.35. The topological polar surface area (TPSA) is 97.1 Å². The first-order valence-corrected chi connectivity index (χ1v) is 3.87. The second kappa shape index (κ2) is 4.33. The SMILES string of the molecule is CC(=O)Nc1ccncc1C(=O)NN. The van der Waals surface area contributed by atoms with Gasteiger partial charge in [-0.15, -0.1) is 0 Å². The summed E-state index contributed by atoms with van der Waals surface area (Å²) in [6, 6.07) is 1.52. The fraction of sp³-hybridized carbons (Fsp3) is 0.125. The molecule has 0 atom stereocenters. The molecule has 0 saturated carbocycles. The van der Waals surface area contributed by atoms with Crippen LogP contribution in [0.5, 0.6) is 0 Å². The molecule has 6 nitrogen and oxygen atoms in total. The fourth-order valence-corrected chi connectivity index (χ4v) is 0.952. The van der Waals surface area contributed by atoms with Crippen molar-refractivity contribution >= 4 is 17.5 Å². The van der Waals surface area contributed by atoms with Gasteiger partial charge in [-0.05, 0) is 6.07 Å². The quantitative estimate of drug-likeness (QED) is 0.340.